The van der Waals surface area contributed by atoms with Crippen LogP contribution < -0.4 is 0 Å². The average molecular weight is 251 g/mol. The first-order valence-electron chi connectivity index (χ1n) is 6.26. The van der Waals surface area contributed by atoms with Crippen LogP contribution in [-0.2, 0) is 11.2 Å². The second-order valence-corrected chi connectivity index (χ2v) is 4.43. The van der Waals surface area contributed by atoms with Crippen LogP contribution in [0.3, 0.4) is 0 Å². The zero-order chi connectivity index (χ0) is 13.4. The number of carbonyl (C=O) groups excluding carboxylic acids is 1. The fraction of sp³-hybridized carbons (Fsp3) is 0.615. The highest BCUT2D eigenvalue weighted by molar-refractivity contribution is 5.79. The van der Waals surface area contributed by atoms with E-state index in [9.17, 15) is 9.90 Å². The number of aliphatic hydroxyl groups excluding tert-OH is 1. The van der Waals surface area contributed by atoms with Gasteiger partial charge >= 0.3 is 0 Å². The van der Waals surface area contributed by atoms with Gasteiger partial charge in [0.05, 0.1) is 12.4 Å². The van der Waals surface area contributed by atoms with E-state index in [1.807, 2.05) is 6.92 Å². The monoisotopic (exact) mass is 251 g/mol. The molecule has 1 aromatic rings. The lowest BCUT2D eigenvalue weighted by Gasteiger charge is -2.18. The van der Waals surface area contributed by atoms with Crippen LogP contribution in [0.25, 0.3) is 0 Å². The Kier molecular flexibility index (Phi) is 6.28. The second kappa shape index (κ2) is 7.76. The van der Waals surface area contributed by atoms with E-state index >= 15 is 0 Å². The van der Waals surface area contributed by atoms with Crippen molar-refractivity contribution in [2.24, 2.45) is 10.9 Å². The molecule has 0 amide bonds. The highest BCUT2D eigenvalue weighted by Gasteiger charge is 2.21. The normalized spacial score (nSPS) is 14.8. The topological polar surface area (TPSA) is 78.3 Å². The van der Waals surface area contributed by atoms with Gasteiger partial charge in [0.25, 0.3) is 0 Å². The van der Waals surface area contributed by atoms with Gasteiger partial charge < -0.3 is 10.1 Å². The number of hydrogen-bond donors (Lipinski definition) is 2. The first-order chi connectivity index (χ1) is 8.67. The summed E-state index contributed by atoms with van der Waals surface area (Å²) >= 11 is 0. The molecule has 2 unspecified atom stereocenters. The van der Waals surface area contributed by atoms with Crippen molar-refractivity contribution in [2.45, 2.75) is 38.7 Å². The maximum absolute atomic E-state index is 11.7. The van der Waals surface area contributed by atoms with Crippen LogP contribution in [0.2, 0.25) is 0 Å². The molecule has 0 bridgehead atoms. The molecule has 0 saturated heterocycles. The molecule has 100 valence electrons. The number of nitrogens with one attached hydrogen (secondary N) is 1. The smallest absolute Gasteiger partial charge is 0.133 e. The number of aliphatic imine (C=N–C) groups is 1. The summed E-state index contributed by atoms with van der Waals surface area (Å²) in [5.41, 5.74) is 0.924. The fourth-order valence-electron chi connectivity index (χ4n) is 1.94. The van der Waals surface area contributed by atoms with Crippen LogP contribution in [0.15, 0.2) is 17.5 Å². The molecule has 1 rings (SSSR count). The average Bonchev–Trinajstić information content (AvgIpc) is 2.81. The minimum absolute atomic E-state index is 0.145. The van der Waals surface area contributed by atoms with Crippen molar-refractivity contribution in [3.8, 4) is 0 Å². The van der Waals surface area contributed by atoms with Crippen LogP contribution in [0.4, 0.5) is 0 Å². The summed E-state index contributed by atoms with van der Waals surface area (Å²) in [6, 6.07) is 0. The van der Waals surface area contributed by atoms with Crippen molar-refractivity contribution in [2.75, 3.05) is 7.05 Å². The van der Waals surface area contributed by atoms with Crippen LogP contribution in [0.5, 0.6) is 0 Å². The molecule has 0 aliphatic heterocycles. The summed E-state index contributed by atoms with van der Waals surface area (Å²) in [7, 11) is 1.62. The number of aromatic amines is 1. The molecule has 0 aromatic carbocycles. The molecule has 5 heteroatoms. The Morgan fingerprint density at radius 2 is 2.44 bits per heavy atom. The molecule has 2 atom stereocenters. The fourth-order valence-corrected chi connectivity index (χ4v) is 1.94. The molecule has 1 heterocycles. The molecule has 0 aliphatic carbocycles. The van der Waals surface area contributed by atoms with E-state index in [1.54, 1.807) is 19.6 Å². The Labute approximate surface area is 107 Å². The van der Waals surface area contributed by atoms with Crippen LogP contribution >= 0.6 is 0 Å². The number of H-pyrrole nitrogens is 1. The van der Waals surface area contributed by atoms with Crippen LogP contribution in [0, 0.1) is 5.92 Å². The number of hydrogen-bond acceptors (Lipinski definition) is 4. The predicted molar refractivity (Wildman–Crippen MR) is 70.7 cm³/mol. The maximum Gasteiger partial charge on any atom is 0.133 e. The summed E-state index contributed by atoms with van der Waals surface area (Å²) in [6.07, 6.45) is 6.48. The lowest BCUT2D eigenvalue weighted by atomic mass is 9.91. The van der Waals surface area contributed by atoms with E-state index in [-0.39, 0.29) is 11.7 Å². The molecule has 0 fully saturated rings. The number of nitrogens with zero attached hydrogens (tertiary/aromatic N) is 2. The van der Waals surface area contributed by atoms with Crippen molar-refractivity contribution in [1.82, 2.24) is 9.97 Å². The number of rotatable bonds is 8. The zero-order valence-corrected chi connectivity index (χ0v) is 11.0. The van der Waals surface area contributed by atoms with Gasteiger partial charge in [0.2, 0.25) is 0 Å². The van der Waals surface area contributed by atoms with Crippen LogP contribution in [-0.4, -0.2) is 40.2 Å². The van der Waals surface area contributed by atoms with Gasteiger partial charge in [-0.15, -0.1) is 0 Å². The number of carbonyl (C=O) groups is 1. The maximum atomic E-state index is 11.7. The highest BCUT2D eigenvalue weighted by atomic mass is 16.3. The molecular weight excluding hydrogens is 230 g/mol. The van der Waals surface area contributed by atoms with Gasteiger partial charge in [-0.25, -0.2) is 4.98 Å². The van der Waals surface area contributed by atoms with Gasteiger partial charge in [0.15, 0.2) is 0 Å². The Morgan fingerprint density at radius 1 is 1.67 bits per heavy atom. The first-order valence-corrected chi connectivity index (χ1v) is 6.26. The number of aliphatic hydroxyl groups is 1. The van der Waals surface area contributed by atoms with E-state index in [1.165, 1.54) is 6.21 Å². The molecular formula is C13H21N3O2. The van der Waals surface area contributed by atoms with Crippen molar-refractivity contribution < 1.29 is 9.90 Å². The molecule has 5 nitrogen and oxygen atoms in total. The van der Waals surface area contributed by atoms with Crippen molar-refractivity contribution in [3.63, 3.8) is 0 Å². The standard InChI is InChI=1S/C13H21N3O2/c1-3-4-12(17)6-10(13(18)8-14-2)5-11-7-15-9-16-11/h7-10,13,18H,3-6H2,1-2H3,(H,15,16). The molecule has 1 aromatic heterocycles. The van der Waals surface area contributed by atoms with E-state index in [4.69, 9.17) is 0 Å². The molecule has 0 spiro atoms. The van der Waals surface area contributed by atoms with E-state index in [2.05, 4.69) is 15.0 Å². The SMILES string of the molecule is CCCC(=O)CC(Cc1cnc[nH]1)C(O)C=NC. The molecule has 0 aliphatic rings. The van der Waals surface area contributed by atoms with Gasteiger partial charge in [0, 0.05) is 43.9 Å². The minimum atomic E-state index is -0.695. The Bertz CT molecular complexity index is 374. The summed E-state index contributed by atoms with van der Waals surface area (Å²) < 4.78 is 0. The molecule has 18 heavy (non-hydrogen) atoms. The van der Waals surface area contributed by atoms with E-state index in [0.29, 0.717) is 19.3 Å². The lowest BCUT2D eigenvalue weighted by Crippen LogP contribution is -2.26. The quantitative estimate of drug-likeness (QED) is 0.685. The Morgan fingerprint density at radius 3 is 3.00 bits per heavy atom. The lowest BCUT2D eigenvalue weighted by molar-refractivity contribution is -0.120. The van der Waals surface area contributed by atoms with Crippen LogP contribution in [0.1, 0.15) is 31.9 Å². The molecule has 0 saturated carbocycles. The summed E-state index contributed by atoms with van der Waals surface area (Å²) in [4.78, 5) is 22.5. The zero-order valence-electron chi connectivity index (χ0n) is 11.0. The third kappa shape index (κ3) is 4.79. The summed E-state index contributed by atoms with van der Waals surface area (Å²) in [5, 5.41) is 9.99. The Balaban J connectivity index is 2.65. The summed E-state index contributed by atoms with van der Waals surface area (Å²) in [6.45, 7) is 1.98. The molecule has 0 radical (unpaired) electrons. The third-order valence-electron chi connectivity index (χ3n) is 2.84. The Hall–Kier alpha value is -1.49. The second-order valence-electron chi connectivity index (χ2n) is 4.43. The number of Topliss-reactive ketones (excluding diaryl/α,β-unsaturated/α-hetero) is 1. The highest BCUT2D eigenvalue weighted by Crippen LogP contribution is 2.16. The minimum Gasteiger partial charge on any atom is -0.387 e. The van der Waals surface area contributed by atoms with Gasteiger partial charge in [-0.2, -0.15) is 0 Å². The van der Waals surface area contributed by atoms with Gasteiger partial charge in [-0.05, 0) is 12.8 Å². The summed E-state index contributed by atoms with van der Waals surface area (Å²) in [5.74, 6) is 0.0405. The number of imidazole rings is 1. The van der Waals surface area contributed by atoms with E-state index in [0.717, 1.165) is 12.1 Å². The van der Waals surface area contributed by atoms with Gasteiger partial charge in [-0.1, -0.05) is 6.92 Å². The van der Waals surface area contributed by atoms with Gasteiger partial charge in [0.1, 0.15) is 5.78 Å². The van der Waals surface area contributed by atoms with Crippen molar-refractivity contribution >= 4 is 12.0 Å². The first kappa shape index (κ1) is 14.6. The largest absolute Gasteiger partial charge is 0.387 e. The third-order valence-corrected chi connectivity index (χ3v) is 2.84. The van der Waals surface area contributed by atoms with Crippen molar-refractivity contribution in [1.29, 1.82) is 0 Å². The predicted octanol–water partition coefficient (Wildman–Crippen LogP) is 1.39. The number of ketones is 1. The van der Waals surface area contributed by atoms with E-state index < -0.39 is 6.10 Å². The molecule has 2 N–H and O–H groups in total. The van der Waals surface area contributed by atoms with Gasteiger partial charge in [-0.3, -0.25) is 9.79 Å². The number of aromatic nitrogens is 2. The van der Waals surface area contributed by atoms with Crippen molar-refractivity contribution in [3.05, 3.63) is 18.2 Å².